The Kier molecular flexibility index (Phi) is 16.6. The number of aliphatic imine (C=N–C) groups is 1. The van der Waals surface area contributed by atoms with Crippen LogP contribution in [0.15, 0.2) is 41.1 Å². The van der Waals surface area contributed by atoms with E-state index in [9.17, 15) is 23.2 Å². The molecule has 1 aliphatic rings. The van der Waals surface area contributed by atoms with Gasteiger partial charge in [0.2, 0.25) is 18.5 Å². The molecule has 3 atom stereocenters. The van der Waals surface area contributed by atoms with Crippen LogP contribution < -0.4 is 16.4 Å². The maximum Gasteiger partial charge on any atom is 0.412 e. The highest BCUT2D eigenvalue weighted by atomic mass is 19.3. The number of nitrogens with two attached hydrogens (primary N) is 1. The summed E-state index contributed by atoms with van der Waals surface area (Å²) in [6.07, 6.45) is 3.46. The number of alkyl carbamates (subject to hydrolysis) is 1. The average molecular weight is 532 g/mol. The number of hydrogen-bond acceptors (Lipinski definition) is 8. The normalized spacial score (nSPS) is 20.2. The zero-order valence-electron chi connectivity index (χ0n) is 21.9. The molecule has 0 aromatic heterocycles. The van der Waals surface area contributed by atoms with Gasteiger partial charge >= 0.3 is 6.09 Å². The number of allylic oxidation sites excluding steroid dienone is 3. The predicted octanol–water partition coefficient (Wildman–Crippen LogP) is 1.84. The van der Waals surface area contributed by atoms with Crippen LogP contribution in [-0.4, -0.2) is 85.4 Å². The second-order valence-electron chi connectivity index (χ2n) is 7.64. The summed E-state index contributed by atoms with van der Waals surface area (Å²) in [7, 11) is 1.32. The van der Waals surface area contributed by atoms with E-state index >= 15 is 0 Å². The molecule has 0 aromatic rings. The Labute approximate surface area is 216 Å². The van der Waals surface area contributed by atoms with E-state index < -0.39 is 49.3 Å². The molecule has 1 fully saturated rings. The molecule has 13 heteroatoms. The summed E-state index contributed by atoms with van der Waals surface area (Å²) in [4.78, 5) is 39.6. The van der Waals surface area contributed by atoms with Gasteiger partial charge in [0.25, 0.3) is 5.92 Å². The van der Waals surface area contributed by atoms with Crippen LogP contribution in [0.1, 0.15) is 40.5 Å². The van der Waals surface area contributed by atoms with Crippen molar-refractivity contribution < 1.29 is 37.7 Å². The van der Waals surface area contributed by atoms with Gasteiger partial charge in [-0.1, -0.05) is 37.6 Å². The highest BCUT2D eigenvalue weighted by molar-refractivity contribution is 6.02. The molecule has 1 aliphatic heterocycles. The highest BCUT2D eigenvalue weighted by Gasteiger charge is 2.52. The molecule has 5 N–H and O–H groups in total. The predicted molar refractivity (Wildman–Crippen MR) is 136 cm³/mol. The number of nitrogens with zero attached hydrogens (tertiary/aromatic N) is 2. The molecule has 0 aliphatic carbocycles. The summed E-state index contributed by atoms with van der Waals surface area (Å²) in [5, 5.41) is 13.9. The quantitative estimate of drug-likeness (QED) is 0.0984. The summed E-state index contributed by atoms with van der Waals surface area (Å²) < 4.78 is 38.1. The molecule has 0 spiro atoms. The molecule has 1 heterocycles. The van der Waals surface area contributed by atoms with Crippen molar-refractivity contribution in [2.75, 3.05) is 26.8 Å². The topological polar surface area (TPSA) is 156 Å². The number of hydrogen-bond donors (Lipinski definition) is 4. The summed E-state index contributed by atoms with van der Waals surface area (Å²) in [5.41, 5.74) is 6.78. The minimum absolute atomic E-state index is 0.0189. The first-order valence-electron chi connectivity index (χ1n) is 11.8. The Morgan fingerprint density at radius 1 is 1.38 bits per heavy atom. The van der Waals surface area contributed by atoms with Crippen LogP contribution in [0.25, 0.3) is 0 Å². The molecule has 0 radical (unpaired) electrons. The van der Waals surface area contributed by atoms with E-state index in [-0.39, 0.29) is 25.4 Å². The third-order valence-corrected chi connectivity index (χ3v) is 4.74. The van der Waals surface area contributed by atoms with Gasteiger partial charge in [-0.05, 0) is 26.3 Å². The third kappa shape index (κ3) is 12.6. The molecule has 1 rings (SSSR count). The molecule has 2 unspecified atom stereocenters. The van der Waals surface area contributed by atoms with Crippen molar-refractivity contribution >= 4 is 24.2 Å². The van der Waals surface area contributed by atoms with Crippen LogP contribution in [0.3, 0.4) is 0 Å². The van der Waals surface area contributed by atoms with Crippen LogP contribution in [0.4, 0.5) is 13.6 Å². The molecule has 0 saturated carbocycles. The van der Waals surface area contributed by atoms with Crippen molar-refractivity contribution in [3.05, 3.63) is 36.1 Å². The van der Waals surface area contributed by atoms with Crippen molar-refractivity contribution in [2.45, 2.75) is 64.8 Å². The summed E-state index contributed by atoms with van der Waals surface area (Å²) in [5.74, 6) is -3.86. The first-order chi connectivity index (χ1) is 17.6. The fourth-order valence-corrected chi connectivity index (χ4v) is 2.99. The van der Waals surface area contributed by atoms with Crippen molar-refractivity contribution in [1.82, 2.24) is 15.5 Å². The number of nitrogens with one attached hydrogen (secondary N) is 2. The Morgan fingerprint density at radius 3 is 2.59 bits per heavy atom. The molecule has 0 aromatic carbocycles. The number of carbonyl (C=O) groups excluding carboxylic acids is 3. The second kappa shape index (κ2) is 18.1. The third-order valence-electron chi connectivity index (χ3n) is 4.74. The van der Waals surface area contributed by atoms with E-state index in [4.69, 9.17) is 20.3 Å². The number of ether oxygens (including phenoxy) is 2. The maximum absolute atomic E-state index is 14.1. The summed E-state index contributed by atoms with van der Waals surface area (Å²) in [6, 6.07) is -0.751. The van der Waals surface area contributed by atoms with Gasteiger partial charge in [-0.2, -0.15) is 0 Å². The molecule has 1 saturated heterocycles. The van der Waals surface area contributed by atoms with Gasteiger partial charge in [-0.3, -0.25) is 24.8 Å². The number of halogens is 2. The maximum atomic E-state index is 14.1. The number of aliphatic hydroxyl groups excluding tert-OH is 1. The second-order valence-corrected chi connectivity index (χ2v) is 7.64. The van der Waals surface area contributed by atoms with E-state index in [0.29, 0.717) is 11.3 Å². The Hall–Kier alpha value is -3.16. The zero-order valence-corrected chi connectivity index (χ0v) is 21.9. The lowest BCUT2D eigenvalue weighted by atomic mass is 10.1. The summed E-state index contributed by atoms with van der Waals surface area (Å²) >= 11 is 0. The number of amidine groups is 1. The van der Waals surface area contributed by atoms with Crippen LogP contribution >= 0.6 is 0 Å². The zero-order chi connectivity index (χ0) is 28.4. The van der Waals surface area contributed by atoms with Gasteiger partial charge < -0.3 is 25.6 Å². The van der Waals surface area contributed by atoms with Crippen LogP contribution in [0, 0.1) is 0 Å². The number of aliphatic hydroxyl groups is 1. The fourth-order valence-electron chi connectivity index (χ4n) is 2.99. The minimum Gasteiger partial charge on any atom is -0.447 e. The highest BCUT2D eigenvalue weighted by Crippen LogP contribution is 2.37. The molecule has 3 amide bonds. The largest absolute Gasteiger partial charge is 0.447 e. The number of carbonyl (C=O) groups is 3. The molecule has 210 valence electrons. The van der Waals surface area contributed by atoms with Crippen LogP contribution in [0.5, 0.6) is 0 Å². The minimum atomic E-state index is -3.37. The Balaban J connectivity index is 0.00000631. The van der Waals surface area contributed by atoms with Gasteiger partial charge in [0.1, 0.15) is 12.4 Å². The lowest BCUT2D eigenvalue weighted by Crippen LogP contribution is -2.42. The summed E-state index contributed by atoms with van der Waals surface area (Å²) in [6.45, 7) is 6.97. The van der Waals surface area contributed by atoms with E-state index in [2.05, 4.69) is 15.6 Å². The van der Waals surface area contributed by atoms with E-state index in [1.807, 2.05) is 45.9 Å². The Bertz CT molecular complexity index is 847. The van der Waals surface area contributed by atoms with Gasteiger partial charge in [-0.25, -0.2) is 13.6 Å². The van der Waals surface area contributed by atoms with Crippen LogP contribution in [-0.2, 0) is 19.1 Å². The smallest absolute Gasteiger partial charge is 0.412 e. The number of rotatable bonds is 12. The van der Waals surface area contributed by atoms with Crippen LogP contribution in [0.2, 0.25) is 0 Å². The van der Waals surface area contributed by atoms with Gasteiger partial charge in [0, 0.05) is 19.7 Å². The first kappa shape index (κ1) is 33.8. The number of amides is 3. The van der Waals surface area contributed by atoms with Gasteiger partial charge in [-0.15, -0.1) is 0 Å². The van der Waals surface area contributed by atoms with Crippen molar-refractivity contribution in [3.63, 3.8) is 0 Å². The van der Waals surface area contributed by atoms with E-state index in [0.717, 1.165) is 17.8 Å². The van der Waals surface area contributed by atoms with Crippen molar-refractivity contribution in [3.8, 4) is 0 Å². The van der Waals surface area contributed by atoms with Crippen molar-refractivity contribution in [1.29, 1.82) is 0 Å². The lowest BCUT2D eigenvalue weighted by molar-refractivity contribution is -0.154. The standard InChI is InChI=1S/C22H33F2N5O6.C2H6/c1-4-5-6-15(2)11-17(25)19(32)27-8-10-34-21(33)28-18(26-3)7-9-29(14-31)20-22(23,24)12-16(13-30)35-20;1-2/h4-7,9,14,16-17,20,30H,8,10-13,25H2,1-3H3,(H,27,32)(H,26,28,33);1-2H3/b5-4-,9-7-,15-6+;/t16?,17-,20?;/m0./s1. The van der Waals surface area contributed by atoms with Gasteiger partial charge in [0.15, 0.2) is 0 Å². The molecular formula is C24H39F2N5O6. The first-order valence-corrected chi connectivity index (χ1v) is 11.8. The Morgan fingerprint density at radius 2 is 2.05 bits per heavy atom. The van der Waals surface area contributed by atoms with Crippen molar-refractivity contribution in [2.24, 2.45) is 10.7 Å². The SMILES string of the molecule is C/C=C\C=C(/C)C[C@H](N)C(=O)NCCOC(=O)NC(/C=C\N(C=O)C1OC(CO)CC1(F)F)=NC.CC. The molecule has 37 heavy (non-hydrogen) atoms. The molecule has 0 bridgehead atoms. The monoisotopic (exact) mass is 531 g/mol. The lowest BCUT2D eigenvalue weighted by Gasteiger charge is -2.25. The van der Waals surface area contributed by atoms with E-state index in [1.165, 1.54) is 7.05 Å². The average Bonchev–Trinajstić information content (AvgIpc) is 3.20. The number of alkyl halides is 2. The van der Waals surface area contributed by atoms with E-state index in [1.54, 1.807) is 0 Å². The van der Waals surface area contributed by atoms with Gasteiger partial charge in [0.05, 0.1) is 25.3 Å². The molecule has 11 nitrogen and oxygen atoms in total. The fraction of sp³-hybridized carbons (Fsp3) is 0.583. The molecular weight excluding hydrogens is 492 g/mol.